The number of rotatable bonds is 4. The van der Waals surface area contributed by atoms with E-state index in [1.807, 2.05) is 18.4 Å². The molecule has 1 amide bonds. The van der Waals surface area contributed by atoms with Gasteiger partial charge in [-0.2, -0.15) is 18.2 Å². The van der Waals surface area contributed by atoms with Gasteiger partial charge in [0.2, 0.25) is 0 Å². The highest BCUT2D eigenvalue weighted by Crippen LogP contribution is 2.28. The van der Waals surface area contributed by atoms with Crippen molar-refractivity contribution in [2.45, 2.75) is 30.0 Å². The number of halogens is 3. The number of benzene rings is 1. The summed E-state index contributed by atoms with van der Waals surface area (Å²) >= 11 is 1.59. The van der Waals surface area contributed by atoms with Gasteiger partial charge in [-0.3, -0.25) is 4.79 Å². The zero-order chi connectivity index (χ0) is 19.4. The van der Waals surface area contributed by atoms with E-state index in [-0.39, 0.29) is 18.5 Å². The summed E-state index contributed by atoms with van der Waals surface area (Å²) in [7, 11) is 0. The molecule has 0 aliphatic carbocycles. The number of alkyl halides is 3. The molecule has 1 saturated heterocycles. The van der Waals surface area contributed by atoms with Gasteiger partial charge >= 0.3 is 12.2 Å². The van der Waals surface area contributed by atoms with E-state index < -0.39 is 18.0 Å². The summed E-state index contributed by atoms with van der Waals surface area (Å²) in [4.78, 5) is 22.6. The number of aromatic nitrogens is 2. The normalized spacial score (nSPS) is 17.6. The molecular formula is C18H18F3N3O2S. The third-order valence-electron chi connectivity index (χ3n) is 4.20. The molecule has 1 aromatic heterocycles. The molecule has 3 rings (SSSR count). The summed E-state index contributed by atoms with van der Waals surface area (Å²) in [5.74, 6) is -0.124. The summed E-state index contributed by atoms with van der Waals surface area (Å²) in [5.41, 5.74) is -0.478. The summed E-state index contributed by atoms with van der Waals surface area (Å²) in [6.07, 6.45) is -0.716. The van der Waals surface area contributed by atoms with Gasteiger partial charge < -0.3 is 9.64 Å². The molecule has 144 valence electrons. The fourth-order valence-corrected chi connectivity index (χ4v) is 3.25. The van der Waals surface area contributed by atoms with Crippen molar-refractivity contribution in [3.63, 3.8) is 0 Å². The van der Waals surface area contributed by atoms with Gasteiger partial charge in [0.1, 0.15) is 6.10 Å². The minimum atomic E-state index is -4.56. The SMILES string of the molecule is CSc1ccc(C(=O)N2CCCC(Oc3nccc(C(F)(F)F)n3)C2)cc1. The zero-order valence-electron chi connectivity index (χ0n) is 14.6. The standard InChI is InChI=1S/C18H18F3N3O2S/c1-27-14-6-4-12(5-7-14)16(25)24-10-2-3-13(11-24)26-17-22-9-8-15(23-17)18(19,20)21/h4-9,13H,2-3,10-11H2,1H3. The van der Waals surface area contributed by atoms with E-state index >= 15 is 0 Å². The molecule has 0 N–H and O–H groups in total. The predicted octanol–water partition coefficient (Wildman–Crippen LogP) is 3.90. The molecule has 1 aromatic carbocycles. The minimum Gasteiger partial charge on any atom is -0.458 e. The molecule has 5 nitrogen and oxygen atoms in total. The van der Waals surface area contributed by atoms with Gasteiger partial charge in [0.25, 0.3) is 5.91 Å². The first-order valence-corrected chi connectivity index (χ1v) is 9.59. The first-order chi connectivity index (χ1) is 12.9. The second kappa shape index (κ2) is 8.16. The molecular weight excluding hydrogens is 379 g/mol. The van der Waals surface area contributed by atoms with E-state index in [4.69, 9.17) is 4.74 Å². The van der Waals surface area contributed by atoms with E-state index in [0.717, 1.165) is 17.2 Å². The van der Waals surface area contributed by atoms with Crippen molar-refractivity contribution in [2.24, 2.45) is 0 Å². The Balaban J connectivity index is 1.66. The molecule has 9 heteroatoms. The lowest BCUT2D eigenvalue weighted by atomic mass is 10.1. The number of amides is 1. The van der Waals surface area contributed by atoms with Crippen molar-refractivity contribution >= 4 is 17.7 Å². The summed E-state index contributed by atoms with van der Waals surface area (Å²) in [5, 5.41) is 0. The molecule has 0 radical (unpaired) electrons. The van der Waals surface area contributed by atoms with E-state index in [1.54, 1.807) is 28.8 Å². The van der Waals surface area contributed by atoms with Gasteiger partial charge in [-0.05, 0) is 49.4 Å². The topological polar surface area (TPSA) is 55.3 Å². The Labute approximate surface area is 158 Å². The predicted molar refractivity (Wildman–Crippen MR) is 94.8 cm³/mol. The summed E-state index contributed by atoms with van der Waals surface area (Å²) in [6, 6.07) is 7.78. The molecule has 1 unspecified atom stereocenters. The number of hydrogen-bond acceptors (Lipinski definition) is 5. The molecule has 2 aromatic rings. The van der Waals surface area contributed by atoms with E-state index in [2.05, 4.69) is 9.97 Å². The van der Waals surface area contributed by atoms with Gasteiger partial charge in [-0.25, -0.2) is 4.98 Å². The van der Waals surface area contributed by atoms with Crippen LogP contribution >= 0.6 is 11.8 Å². The Hall–Kier alpha value is -2.29. The van der Waals surface area contributed by atoms with Crippen LogP contribution in [0.1, 0.15) is 28.9 Å². The first-order valence-electron chi connectivity index (χ1n) is 8.37. The molecule has 1 fully saturated rings. The highest BCUT2D eigenvalue weighted by Gasteiger charge is 2.33. The van der Waals surface area contributed by atoms with Gasteiger partial charge in [0.05, 0.1) is 6.54 Å². The maximum Gasteiger partial charge on any atom is 0.433 e. The van der Waals surface area contributed by atoms with Gasteiger partial charge in [0.15, 0.2) is 5.69 Å². The summed E-state index contributed by atoms with van der Waals surface area (Å²) in [6.45, 7) is 0.856. The second-order valence-corrected chi connectivity index (χ2v) is 6.96. The van der Waals surface area contributed by atoms with Crippen molar-refractivity contribution < 1.29 is 22.7 Å². The van der Waals surface area contributed by atoms with Crippen LogP contribution in [-0.4, -0.2) is 46.2 Å². The van der Waals surface area contributed by atoms with Gasteiger partial charge in [-0.15, -0.1) is 11.8 Å². The van der Waals surface area contributed by atoms with E-state index in [1.165, 1.54) is 0 Å². The Morgan fingerprint density at radius 2 is 2.00 bits per heavy atom. The minimum absolute atomic E-state index is 0.124. The van der Waals surface area contributed by atoms with Crippen LogP contribution in [0, 0.1) is 0 Å². The Morgan fingerprint density at radius 1 is 1.26 bits per heavy atom. The monoisotopic (exact) mass is 397 g/mol. The smallest absolute Gasteiger partial charge is 0.433 e. The van der Waals surface area contributed by atoms with Crippen molar-refractivity contribution in [1.29, 1.82) is 0 Å². The molecule has 1 atom stereocenters. The number of thioether (sulfide) groups is 1. The fourth-order valence-electron chi connectivity index (χ4n) is 2.84. The molecule has 0 spiro atoms. The Morgan fingerprint density at radius 3 is 2.67 bits per heavy atom. The van der Waals surface area contributed by atoms with Crippen LogP contribution in [0.25, 0.3) is 0 Å². The molecule has 1 aliphatic heterocycles. The number of piperidine rings is 1. The van der Waals surface area contributed by atoms with Crippen molar-refractivity contribution in [2.75, 3.05) is 19.3 Å². The Bertz CT molecular complexity index is 799. The lowest BCUT2D eigenvalue weighted by molar-refractivity contribution is -0.141. The number of carbonyl (C=O) groups is 1. The van der Waals surface area contributed by atoms with Crippen LogP contribution in [0.5, 0.6) is 6.01 Å². The van der Waals surface area contributed by atoms with Crippen molar-refractivity contribution in [1.82, 2.24) is 14.9 Å². The van der Waals surface area contributed by atoms with Crippen LogP contribution in [0.4, 0.5) is 13.2 Å². The highest BCUT2D eigenvalue weighted by molar-refractivity contribution is 7.98. The maximum atomic E-state index is 12.8. The summed E-state index contributed by atoms with van der Waals surface area (Å²) < 4.78 is 43.8. The Kier molecular flexibility index (Phi) is 5.88. The molecule has 1 aliphatic rings. The average Bonchev–Trinajstić information content (AvgIpc) is 2.67. The zero-order valence-corrected chi connectivity index (χ0v) is 15.4. The van der Waals surface area contributed by atoms with E-state index in [0.29, 0.717) is 24.9 Å². The fraction of sp³-hybridized carbons (Fsp3) is 0.389. The average molecular weight is 397 g/mol. The van der Waals surface area contributed by atoms with Crippen LogP contribution in [-0.2, 0) is 6.18 Å². The lowest BCUT2D eigenvalue weighted by Crippen LogP contribution is -2.44. The highest BCUT2D eigenvalue weighted by atomic mass is 32.2. The van der Waals surface area contributed by atoms with Crippen LogP contribution in [0.15, 0.2) is 41.4 Å². The van der Waals surface area contributed by atoms with Gasteiger partial charge in [0, 0.05) is 23.2 Å². The van der Waals surface area contributed by atoms with E-state index in [9.17, 15) is 18.0 Å². The van der Waals surface area contributed by atoms with Crippen molar-refractivity contribution in [3.8, 4) is 6.01 Å². The lowest BCUT2D eigenvalue weighted by Gasteiger charge is -2.32. The third-order valence-corrected chi connectivity index (χ3v) is 4.94. The third kappa shape index (κ3) is 4.91. The van der Waals surface area contributed by atoms with Crippen molar-refractivity contribution in [3.05, 3.63) is 47.8 Å². The molecule has 0 saturated carbocycles. The number of likely N-dealkylation sites (tertiary alicyclic amines) is 1. The molecule has 0 bridgehead atoms. The van der Waals surface area contributed by atoms with Gasteiger partial charge in [-0.1, -0.05) is 0 Å². The number of nitrogens with zero attached hydrogens (tertiary/aromatic N) is 3. The number of ether oxygens (including phenoxy) is 1. The number of hydrogen-bond donors (Lipinski definition) is 0. The molecule has 2 heterocycles. The van der Waals surface area contributed by atoms with Crippen LogP contribution in [0.3, 0.4) is 0 Å². The quantitative estimate of drug-likeness (QED) is 0.733. The first kappa shape index (κ1) is 19.5. The second-order valence-electron chi connectivity index (χ2n) is 6.08. The maximum absolute atomic E-state index is 12.8. The van der Waals surface area contributed by atoms with Crippen LogP contribution < -0.4 is 4.74 Å². The molecule has 27 heavy (non-hydrogen) atoms. The number of carbonyl (C=O) groups excluding carboxylic acids is 1. The largest absolute Gasteiger partial charge is 0.458 e. The van der Waals surface area contributed by atoms with Crippen LogP contribution in [0.2, 0.25) is 0 Å².